The van der Waals surface area contributed by atoms with Gasteiger partial charge >= 0.3 is 0 Å². The van der Waals surface area contributed by atoms with Gasteiger partial charge < -0.3 is 9.84 Å². The molecule has 0 fully saturated rings. The van der Waals surface area contributed by atoms with Gasteiger partial charge in [0.05, 0.1) is 5.69 Å². The highest BCUT2D eigenvalue weighted by molar-refractivity contribution is 6.06. The van der Waals surface area contributed by atoms with E-state index in [0.717, 1.165) is 11.3 Å². The molecule has 0 saturated heterocycles. The van der Waals surface area contributed by atoms with Crippen molar-refractivity contribution in [3.63, 3.8) is 0 Å². The number of benzene rings is 1. The first-order valence-corrected chi connectivity index (χ1v) is 5.80. The van der Waals surface area contributed by atoms with Crippen LogP contribution in [0.15, 0.2) is 22.7 Å². The van der Waals surface area contributed by atoms with Crippen molar-refractivity contribution in [3.8, 4) is 0 Å². The van der Waals surface area contributed by atoms with Gasteiger partial charge in [0.15, 0.2) is 0 Å². The third-order valence-electron chi connectivity index (χ3n) is 2.89. The normalized spacial score (nSPS) is 10.4. The number of aromatic nitrogens is 1. The fraction of sp³-hybridized carbons (Fsp3) is 0.286. The Morgan fingerprint density at radius 3 is 2.50 bits per heavy atom. The predicted octanol–water partition coefficient (Wildman–Crippen LogP) is 3.16. The van der Waals surface area contributed by atoms with E-state index in [4.69, 9.17) is 4.52 Å². The van der Waals surface area contributed by atoms with Gasteiger partial charge in [-0.15, -0.1) is 0 Å². The van der Waals surface area contributed by atoms with Crippen molar-refractivity contribution >= 4 is 11.6 Å². The number of carbonyl (C=O) groups excluding carboxylic acids is 1. The maximum absolute atomic E-state index is 12.1. The van der Waals surface area contributed by atoms with Gasteiger partial charge in [0.1, 0.15) is 11.3 Å². The molecule has 0 unspecified atom stereocenters. The maximum atomic E-state index is 12.1. The average Bonchev–Trinajstić information content (AvgIpc) is 2.62. The summed E-state index contributed by atoms with van der Waals surface area (Å²) in [5.74, 6) is 0.355. The Balaban J connectivity index is 2.27. The summed E-state index contributed by atoms with van der Waals surface area (Å²) in [5, 5.41) is 6.66. The number of aryl methyl sites for hydroxylation is 4. The Labute approximate surface area is 106 Å². The second kappa shape index (κ2) is 4.64. The molecule has 4 nitrogen and oxygen atoms in total. The Morgan fingerprint density at radius 2 is 1.94 bits per heavy atom. The zero-order chi connectivity index (χ0) is 13.3. The Morgan fingerprint density at radius 1 is 1.22 bits per heavy atom. The largest absolute Gasteiger partial charge is 0.361 e. The molecule has 94 valence electrons. The van der Waals surface area contributed by atoms with Crippen LogP contribution in [0.1, 0.15) is 32.9 Å². The van der Waals surface area contributed by atoms with Crippen molar-refractivity contribution < 1.29 is 9.32 Å². The number of anilines is 1. The lowest BCUT2D eigenvalue weighted by molar-refractivity contribution is 0.102. The van der Waals surface area contributed by atoms with Gasteiger partial charge in [-0.25, -0.2) is 0 Å². The Kier molecular flexibility index (Phi) is 3.19. The molecule has 0 aliphatic heterocycles. The van der Waals surface area contributed by atoms with Crippen LogP contribution in [0.4, 0.5) is 5.69 Å². The zero-order valence-corrected chi connectivity index (χ0v) is 11.0. The van der Waals surface area contributed by atoms with E-state index in [1.165, 1.54) is 5.56 Å². The molecule has 0 spiro atoms. The van der Waals surface area contributed by atoms with Crippen molar-refractivity contribution in [2.24, 2.45) is 0 Å². The Bertz CT molecular complexity index is 580. The van der Waals surface area contributed by atoms with Gasteiger partial charge in [-0.2, -0.15) is 0 Å². The number of hydrogen-bond donors (Lipinski definition) is 1. The highest BCUT2D eigenvalue weighted by Gasteiger charge is 2.17. The summed E-state index contributed by atoms with van der Waals surface area (Å²) >= 11 is 0. The van der Waals surface area contributed by atoms with E-state index in [2.05, 4.69) is 10.5 Å². The average molecular weight is 244 g/mol. The highest BCUT2D eigenvalue weighted by Crippen LogP contribution is 2.19. The van der Waals surface area contributed by atoms with Crippen molar-refractivity contribution in [1.82, 2.24) is 5.16 Å². The molecule has 4 heteroatoms. The standard InChI is InChI=1S/C14H16N2O2/c1-8-5-6-12(9(2)7-8)15-14(17)13-10(3)16-18-11(13)4/h5-7H,1-4H3,(H,15,17). The molecule has 18 heavy (non-hydrogen) atoms. The van der Waals surface area contributed by atoms with E-state index < -0.39 is 0 Å². The first-order chi connectivity index (χ1) is 8.49. The third-order valence-corrected chi connectivity index (χ3v) is 2.89. The maximum Gasteiger partial charge on any atom is 0.261 e. The van der Waals surface area contributed by atoms with Gasteiger partial charge in [0.2, 0.25) is 0 Å². The van der Waals surface area contributed by atoms with E-state index in [1.54, 1.807) is 13.8 Å². The summed E-state index contributed by atoms with van der Waals surface area (Å²) < 4.78 is 4.99. The number of nitrogens with one attached hydrogen (secondary N) is 1. The first kappa shape index (κ1) is 12.4. The third kappa shape index (κ3) is 2.27. The van der Waals surface area contributed by atoms with Gasteiger partial charge in [-0.3, -0.25) is 4.79 Å². The summed E-state index contributed by atoms with van der Waals surface area (Å²) in [5.41, 5.74) is 4.13. The minimum Gasteiger partial charge on any atom is -0.361 e. The van der Waals surface area contributed by atoms with Crippen LogP contribution in [0.5, 0.6) is 0 Å². The lowest BCUT2D eigenvalue weighted by Gasteiger charge is -2.08. The zero-order valence-electron chi connectivity index (χ0n) is 11.0. The second-order valence-corrected chi connectivity index (χ2v) is 4.47. The smallest absolute Gasteiger partial charge is 0.261 e. The molecule has 1 N–H and O–H groups in total. The molecule has 0 bridgehead atoms. The topological polar surface area (TPSA) is 55.1 Å². The molecule has 0 aliphatic rings. The predicted molar refractivity (Wildman–Crippen MR) is 69.8 cm³/mol. The molecule has 1 aromatic heterocycles. The number of rotatable bonds is 2. The van der Waals surface area contributed by atoms with Crippen molar-refractivity contribution in [3.05, 3.63) is 46.3 Å². The molecule has 2 rings (SSSR count). The van der Waals surface area contributed by atoms with E-state index in [9.17, 15) is 4.79 Å². The number of amides is 1. The molecule has 1 heterocycles. The molecule has 1 aromatic carbocycles. The van der Waals surface area contributed by atoms with Gasteiger partial charge in [0.25, 0.3) is 5.91 Å². The first-order valence-electron chi connectivity index (χ1n) is 5.80. The molecular formula is C14H16N2O2. The quantitative estimate of drug-likeness (QED) is 0.882. The summed E-state index contributed by atoms with van der Waals surface area (Å²) in [4.78, 5) is 12.1. The van der Waals surface area contributed by atoms with Crippen molar-refractivity contribution in [2.75, 3.05) is 5.32 Å². The molecule has 0 radical (unpaired) electrons. The van der Waals surface area contributed by atoms with Crippen LogP contribution >= 0.6 is 0 Å². The van der Waals surface area contributed by atoms with E-state index in [0.29, 0.717) is 17.0 Å². The molecule has 0 atom stereocenters. The summed E-state index contributed by atoms with van der Waals surface area (Å²) in [6, 6.07) is 5.90. The number of hydrogen-bond acceptors (Lipinski definition) is 3. The van der Waals surface area contributed by atoms with Crippen LogP contribution in [-0.2, 0) is 0 Å². The summed E-state index contributed by atoms with van der Waals surface area (Å²) in [6.45, 7) is 7.48. The minimum atomic E-state index is -0.182. The molecule has 1 amide bonds. The van der Waals surface area contributed by atoms with Crippen LogP contribution in [0, 0.1) is 27.7 Å². The lowest BCUT2D eigenvalue weighted by Crippen LogP contribution is -2.14. The van der Waals surface area contributed by atoms with Gasteiger partial charge in [0, 0.05) is 5.69 Å². The lowest BCUT2D eigenvalue weighted by atomic mass is 10.1. The minimum absolute atomic E-state index is 0.182. The van der Waals surface area contributed by atoms with Crippen molar-refractivity contribution in [1.29, 1.82) is 0 Å². The van der Waals surface area contributed by atoms with Gasteiger partial charge in [-0.05, 0) is 39.3 Å². The molecule has 0 aliphatic carbocycles. The molecule has 2 aromatic rings. The fourth-order valence-corrected chi connectivity index (χ4v) is 1.95. The molecular weight excluding hydrogens is 228 g/mol. The van der Waals surface area contributed by atoms with Gasteiger partial charge in [-0.1, -0.05) is 22.9 Å². The van der Waals surface area contributed by atoms with Crippen LogP contribution < -0.4 is 5.32 Å². The molecule has 0 saturated carbocycles. The van der Waals surface area contributed by atoms with Crippen LogP contribution in [0.25, 0.3) is 0 Å². The van der Waals surface area contributed by atoms with Crippen molar-refractivity contribution in [2.45, 2.75) is 27.7 Å². The Hall–Kier alpha value is -2.10. The second-order valence-electron chi connectivity index (χ2n) is 4.47. The number of nitrogens with zero attached hydrogens (tertiary/aromatic N) is 1. The SMILES string of the molecule is Cc1ccc(NC(=O)c2c(C)noc2C)c(C)c1. The summed E-state index contributed by atoms with van der Waals surface area (Å²) in [6.07, 6.45) is 0. The van der Waals surface area contributed by atoms with E-state index in [-0.39, 0.29) is 5.91 Å². The summed E-state index contributed by atoms with van der Waals surface area (Å²) in [7, 11) is 0. The van der Waals surface area contributed by atoms with Crippen LogP contribution in [0.3, 0.4) is 0 Å². The fourth-order valence-electron chi connectivity index (χ4n) is 1.95. The van der Waals surface area contributed by atoms with E-state index >= 15 is 0 Å². The van der Waals surface area contributed by atoms with Crippen LogP contribution in [0.2, 0.25) is 0 Å². The number of carbonyl (C=O) groups is 1. The van der Waals surface area contributed by atoms with Crippen LogP contribution in [-0.4, -0.2) is 11.1 Å². The van der Waals surface area contributed by atoms with E-state index in [1.807, 2.05) is 32.0 Å². The highest BCUT2D eigenvalue weighted by atomic mass is 16.5. The monoisotopic (exact) mass is 244 g/mol.